The lowest BCUT2D eigenvalue weighted by Crippen LogP contribution is -2.38. The van der Waals surface area contributed by atoms with Crippen molar-refractivity contribution in [2.45, 2.75) is 19.2 Å². The lowest BCUT2D eigenvalue weighted by molar-refractivity contribution is -0.152. The number of benzene rings is 1. The second-order valence-corrected chi connectivity index (χ2v) is 6.26. The number of thiol groups is 1. The highest BCUT2D eigenvalue weighted by atomic mass is 32.1. The average Bonchev–Trinajstić information content (AvgIpc) is 2.60. The molecule has 1 heterocycles. The van der Waals surface area contributed by atoms with Gasteiger partial charge in [0.2, 0.25) is 12.6 Å². The summed E-state index contributed by atoms with van der Waals surface area (Å²) in [7, 11) is 3.74. The van der Waals surface area contributed by atoms with Crippen LogP contribution in [0.2, 0.25) is 0 Å². The van der Waals surface area contributed by atoms with Crippen molar-refractivity contribution in [1.82, 2.24) is 5.32 Å². The Kier molecular flexibility index (Phi) is 6.27. The smallest absolute Gasteiger partial charge is 0.345 e. The van der Waals surface area contributed by atoms with Crippen LogP contribution >= 0.6 is 12.6 Å². The van der Waals surface area contributed by atoms with Crippen molar-refractivity contribution in [3.63, 3.8) is 0 Å². The Bertz CT molecular complexity index is 881. The van der Waals surface area contributed by atoms with E-state index < -0.39 is 23.9 Å². The lowest BCUT2D eigenvalue weighted by atomic mass is 10.0. The van der Waals surface area contributed by atoms with Gasteiger partial charge in [-0.25, -0.2) is 4.79 Å². The van der Waals surface area contributed by atoms with Gasteiger partial charge >= 0.3 is 11.6 Å². The number of amides is 1. The third-order valence-corrected chi connectivity index (χ3v) is 4.32. The molecule has 0 aliphatic carbocycles. The summed E-state index contributed by atoms with van der Waals surface area (Å²) in [5, 5.41) is 2.98. The minimum Gasteiger partial charge on any atom is -0.436 e. The fourth-order valence-corrected chi connectivity index (χ4v) is 2.61. The van der Waals surface area contributed by atoms with Gasteiger partial charge in [-0.05, 0) is 24.6 Å². The summed E-state index contributed by atoms with van der Waals surface area (Å²) in [5.41, 5.74) is 6.69. The van der Waals surface area contributed by atoms with Crippen molar-refractivity contribution in [3.05, 3.63) is 39.7 Å². The van der Waals surface area contributed by atoms with Crippen molar-refractivity contribution < 1.29 is 18.7 Å². The third-order valence-electron chi connectivity index (χ3n) is 3.93. The maximum Gasteiger partial charge on any atom is 0.345 e. The molecule has 9 heteroatoms. The zero-order chi connectivity index (χ0) is 19.4. The Morgan fingerprint density at radius 1 is 1.46 bits per heavy atom. The van der Waals surface area contributed by atoms with Crippen LogP contribution in [0, 0.1) is 6.92 Å². The monoisotopic (exact) mass is 379 g/mol. The van der Waals surface area contributed by atoms with Crippen molar-refractivity contribution >= 4 is 41.7 Å². The predicted octanol–water partition coefficient (Wildman–Crippen LogP) is 0.712. The number of hydrogen-bond donors (Lipinski definition) is 3. The molecule has 3 N–H and O–H groups in total. The Hall–Kier alpha value is -2.52. The normalized spacial score (nSPS) is 13.1. The Labute approximate surface area is 155 Å². The predicted molar refractivity (Wildman–Crippen MR) is 101 cm³/mol. The second kappa shape index (κ2) is 8.24. The standard InChI is InChI=1S/C17H21N3O5S/c1-9-11-5-4-10(20(2)3)6-13(11)24-17(23)14(9)15(19-8-21)25-16(22)12(18)7-26/h4-6,8,12,15,26H,7,18H2,1-3H3,(H,19,21)/t12-,15?/m0/s1. The molecule has 0 fully saturated rings. The molecule has 2 atom stereocenters. The van der Waals surface area contributed by atoms with E-state index in [4.69, 9.17) is 14.9 Å². The van der Waals surface area contributed by atoms with Crippen LogP contribution in [-0.2, 0) is 14.3 Å². The van der Waals surface area contributed by atoms with Gasteiger partial charge in [-0.2, -0.15) is 12.6 Å². The van der Waals surface area contributed by atoms with E-state index in [-0.39, 0.29) is 11.3 Å². The van der Waals surface area contributed by atoms with Crippen molar-refractivity contribution in [2.75, 3.05) is 24.7 Å². The summed E-state index contributed by atoms with van der Waals surface area (Å²) >= 11 is 3.93. The number of carbonyl (C=O) groups is 2. The van der Waals surface area contributed by atoms with Crippen LogP contribution in [0.25, 0.3) is 11.0 Å². The first-order valence-corrected chi connectivity index (χ1v) is 8.44. The van der Waals surface area contributed by atoms with Crippen LogP contribution in [0.3, 0.4) is 0 Å². The molecule has 2 rings (SSSR count). The van der Waals surface area contributed by atoms with Gasteiger partial charge in [0.25, 0.3) is 0 Å². The zero-order valence-electron chi connectivity index (χ0n) is 14.7. The van der Waals surface area contributed by atoms with Crippen LogP contribution in [0.15, 0.2) is 27.4 Å². The van der Waals surface area contributed by atoms with Crippen LogP contribution in [0.4, 0.5) is 5.69 Å². The second-order valence-electron chi connectivity index (χ2n) is 5.89. The van der Waals surface area contributed by atoms with Crippen LogP contribution in [0.1, 0.15) is 17.4 Å². The van der Waals surface area contributed by atoms with Gasteiger partial charge in [-0.3, -0.25) is 9.59 Å². The molecular formula is C17H21N3O5S. The highest BCUT2D eigenvalue weighted by molar-refractivity contribution is 7.80. The number of nitrogens with two attached hydrogens (primary N) is 1. The molecule has 2 aromatic rings. The molecule has 0 aliphatic heterocycles. The molecule has 0 saturated heterocycles. The van der Waals surface area contributed by atoms with Gasteiger partial charge in [-0.15, -0.1) is 0 Å². The van der Waals surface area contributed by atoms with Gasteiger partial charge in [0, 0.05) is 37.0 Å². The molecule has 1 aromatic heterocycles. The van der Waals surface area contributed by atoms with Crippen LogP contribution < -0.4 is 21.6 Å². The SMILES string of the molecule is Cc1c(C(NC=O)OC(=O)[C@@H](N)CS)c(=O)oc2cc(N(C)C)ccc12. The first-order chi connectivity index (χ1) is 12.3. The molecule has 0 aliphatic rings. The fourth-order valence-electron chi connectivity index (χ4n) is 2.46. The summed E-state index contributed by atoms with van der Waals surface area (Å²) in [4.78, 5) is 37.3. The Morgan fingerprint density at radius 3 is 2.73 bits per heavy atom. The highest BCUT2D eigenvalue weighted by Gasteiger charge is 2.26. The number of hydrogen-bond acceptors (Lipinski definition) is 8. The zero-order valence-corrected chi connectivity index (χ0v) is 15.6. The number of aryl methyl sites for hydroxylation is 1. The number of ether oxygens (including phenoxy) is 1. The Balaban J connectivity index is 2.55. The number of anilines is 1. The topological polar surface area (TPSA) is 115 Å². The van der Waals surface area contributed by atoms with Crippen molar-refractivity contribution in [2.24, 2.45) is 5.73 Å². The molecule has 0 radical (unpaired) electrons. The molecular weight excluding hydrogens is 358 g/mol. The summed E-state index contributed by atoms with van der Waals surface area (Å²) in [6.45, 7) is 1.69. The third kappa shape index (κ3) is 4.00. The highest BCUT2D eigenvalue weighted by Crippen LogP contribution is 2.27. The number of rotatable bonds is 7. The quantitative estimate of drug-likeness (QED) is 0.213. The van der Waals surface area contributed by atoms with Gasteiger partial charge in [0.15, 0.2) is 0 Å². The van der Waals surface area contributed by atoms with Crippen molar-refractivity contribution in [1.29, 1.82) is 0 Å². The van der Waals surface area contributed by atoms with E-state index in [2.05, 4.69) is 17.9 Å². The number of carbonyl (C=O) groups excluding carboxylic acids is 2. The summed E-state index contributed by atoms with van der Waals surface area (Å²) < 4.78 is 10.6. The van der Waals surface area contributed by atoms with Crippen LogP contribution in [-0.4, -0.2) is 38.3 Å². The first-order valence-electron chi connectivity index (χ1n) is 7.81. The molecule has 0 spiro atoms. The summed E-state index contributed by atoms with van der Waals surface area (Å²) in [6.07, 6.45) is -0.970. The molecule has 1 unspecified atom stereocenters. The number of fused-ring (bicyclic) bond motifs is 1. The Morgan fingerprint density at radius 2 is 2.15 bits per heavy atom. The number of nitrogens with one attached hydrogen (secondary N) is 1. The number of nitrogens with zero attached hydrogens (tertiary/aromatic N) is 1. The van der Waals surface area contributed by atoms with Crippen LogP contribution in [0.5, 0.6) is 0 Å². The van der Waals surface area contributed by atoms with Gasteiger partial charge < -0.3 is 25.1 Å². The van der Waals surface area contributed by atoms with Gasteiger partial charge in [-0.1, -0.05) is 0 Å². The summed E-state index contributed by atoms with van der Waals surface area (Å²) in [5.74, 6) is -0.730. The fraction of sp³-hybridized carbons (Fsp3) is 0.353. The van der Waals surface area contributed by atoms with E-state index in [0.29, 0.717) is 22.9 Å². The maximum absolute atomic E-state index is 12.5. The molecule has 8 nitrogen and oxygen atoms in total. The van der Waals surface area contributed by atoms with E-state index >= 15 is 0 Å². The maximum atomic E-state index is 12.5. The summed E-state index contributed by atoms with van der Waals surface area (Å²) in [6, 6.07) is 4.42. The lowest BCUT2D eigenvalue weighted by Gasteiger charge is -2.20. The van der Waals surface area contributed by atoms with E-state index in [1.165, 1.54) is 0 Å². The van der Waals surface area contributed by atoms with E-state index in [1.807, 2.05) is 25.1 Å². The van der Waals surface area contributed by atoms with Gasteiger partial charge in [0.1, 0.15) is 17.2 Å². The first kappa shape index (κ1) is 19.8. The van der Waals surface area contributed by atoms with Gasteiger partial charge in [0.05, 0.1) is 0 Å². The van der Waals surface area contributed by atoms with E-state index in [9.17, 15) is 14.4 Å². The molecule has 1 aromatic carbocycles. The van der Waals surface area contributed by atoms with E-state index in [1.54, 1.807) is 19.1 Å². The minimum atomic E-state index is -1.31. The van der Waals surface area contributed by atoms with E-state index in [0.717, 1.165) is 5.69 Å². The minimum absolute atomic E-state index is 0.0296. The van der Waals surface area contributed by atoms with Crippen molar-refractivity contribution in [3.8, 4) is 0 Å². The largest absolute Gasteiger partial charge is 0.436 e. The molecule has 0 bridgehead atoms. The molecule has 1 amide bonds. The average molecular weight is 379 g/mol. The molecule has 0 saturated carbocycles. The molecule has 26 heavy (non-hydrogen) atoms. The number of esters is 1. The molecule has 140 valence electrons.